The average molecular weight is 426 g/mol. The van der Waals surface area contributed by atoms with Gasteiger partial charge in [-0.3, -0.25) is 4.79 Å². The van der Waals surface area contributed by atoms with Crippen molar-refractivity contribution in [1.29, 1.82) is 0 Å². The van der Waals surface area contributed by atoms with E-state index < -0.39 is 0 Å². The van der Waals surface area contributed by atoms with Crippen molar-refractivity contribution in [1.82, 2.24) is 14.5 Å². The zero-order chi connectivity index (χ0) is 21.3. The van der Waals surface area contributed by atoms with Crippen LogP contribution in [0.15, 0.2) is 41.6 Å². The van der Waals surface area contributed by atoms with Gasteiger partial charge in [0.2, 0.25) is 0 Å². The SMILES string of the molecule is Cc1cc(C(=O)CSc2nc(N)cc(N)n2)c(C)n1CC1COc2ccccc2O1. The molecule has 0 bridgehead atoms. The highest BCUT2D eigenvalue weighted by atomic mass is 32.2. The predicted molar refractivity (Wildman–Crippen MR) is 116 cm³/mol. The molecule has 0 fully saturated rings. The summed E-state index contributed by atoms with van der Waals surface area (Å²) in [4.78, 5) is 21.0. The Labute approximate surface area is 178 Å². The Bertz CT molecular complexity index is 1080. The molecule has 4 N–H and O–H groups in total. The number of ether oxygens (including phenoxy) is 2. The number of ketones is 1. The quantitative estimate of drug-likeness (QED) is 0.352. The van der Waals surface area contributed by atoms with E-state index in [9.17, 15) is 4.79 Å². The van der Waals surface area contributed by atoms with Gasteiger partial charge >= 0.3 is 0 Å². The molecule has 1 aliphatic rings. The Hall–Kier alpha value is -3.20. The third kappa shape index (κ3) is 4.20. The molecule has 0 saturated heterocycles. The van der Waals surface area contributed by atoms with E-state index in [1.54, 1.807) is 0 Å². The number of aromatic nitrogens is 3. The van der Waals surface area contributed by atoms with Crippen LogP contribution in [-0.4, -0.2) is 38.8 Å². The molecule has 3 aromatic rings. The minimum absolute atomic E-state index is 0.00453. The number of hydrogen-bond acceptors (Lipinski definition) is 8. The van der Waals surface area contributed by atoms with Gasteiger partial charge in [0.25, 0.3) is 0 Å². The first-order chi connectivity index (χ1) is 14.4. The molecule has 0 radical (unpaired) electrons. The van der Waals surface area contributed by atoms with Gasteiger partial charge in [0.15, 0.2) is 28.5 Å². The highest BCUT2D eigenvalue weighted by Crippen LogP contribution is 2.31. The van der Waals surface area contributed by atoms with Crippen molar-refractivity contribution in [3.63, 3.8) is 0 Å². The minimum Gasteiger partial charge on any atom is -0.486 e. The van der Waals surface area contributed by atoms with Crippen LogP contribution in [0.3, 0.4) is 0 Å². The van der Waals surface area contributed by atoms with Crippen molar-refractivity contribution in [2.24, 2.45) is 0 Å². The molecule has 3 heterocycles. The lowest BCUT2D eigenvalue weighted by atomic mass is 10.2. The van der Waals surface area contributed by atoms with Gasteiger partial charge in [-0.2, -0.15) is 0 Å². The maximum atomic E-state index is 12.8. The first-order valence-corrected chi connectivity index (χ1v) is 10.5. The molecule has 1 aliphatic heterocycles. The third-order valence-electron chi connectivity index (χ3n) is 4.91. The van der Waals surface area contributed by atoms with E-state index >= 15 is 0 Å². The van der Waals surface area contributed by atoms with Crippen LogP contribution in [0.1, 0.15) is 21.7 Å². The molecule has 0 spiro atoms. The number of aryl methyl sites for hydroxylation is 1. The second-order valence-electron chi connectivity index (χ2n) is 7.11. The number of anilines is 2. The van der Waals surface area contributed by atoms with Crippen molar-refractivity contribution in [3.05, 3.63) is 53.3 Å². The normalized spacial score (nSPS) is 15.2. The number of nitrogens with zero attached hydrogens (tertiary/aromatic N) is 3. The van der Waals surface area contributed by atoms with Crippen LogP contribution in [-0.2, 0) is 6.54 Å². The Morgan fingerprint density at radius 3 is 2.60 bits per heavy atom. The van der Waals surface area contributed by atoms with Crippen molar-refractivity contribution < 1.29 is 14.3 Å². The molecule has 4 rings (SSSR count). The van der Waals surface area contributed by atoms with E-state index in [0.29, 0.717) is 23.9 Å². The van der Waals surface area contributed by atoms with Crippen LogP contribution >= 0.6 is 11.8 Å². The molecule has 0 amide bonds. The summed E-state index contributed by atoms with van der Waals surface area (Å²) in [6.07, 6.45) is -0.134. The van der Waals surface area contributed by atoms with Crippen LogP contribution in [0.25, 0.3) is 0 Å². The molecule has 0 aliphatic carbocycles. The zero-order valence-electron chi connectivity index (χ0n) is 16.8. The highest BCUT2D eigenvalue weighted by Gasteiger charge is 2.24. The smallest absolute Gasteiger partial charge is 0.191 e. The van der Waals surface area contributed by atoms with E-state index in [1.165, 1.54) is 17.8 Å². The lowest BCUT2D eigenvalue weighted by Crippen LogP contribution is -2.33. The molecule has 156 valence electrons. The number of hydrogen-bond donors (Lipinski definition) is 2. The Balaban J connectivity index is 1.44. The van der Waals surface area contributed by atoms with E-state index in [-0.39, 0.29) is 29.3 Å². The summed E-state index contributed by atoms with van der Waals surface area (Å²) in [5, 5.41) is 0.390. The fourth-order valence-corrected chi connectivity index (χ4v) is 4.21. The highest BCUT2D eigenvalue weighted by molar-refractivity contribution is 7.99. The van der Waals surface area contributed by atoms with Crippen LogP contribution in [0.4, 0.5) is 11.6 Å². The number of carbonyl (C=O) groups excluding carboxylic acids is 1. The second-order valence-corrected chi connectivity index (χ2v) is 8.05. The fourth-order valence-electron chi connectivity index (χ4n) is 3.46. The minimum atomic E-state index is -0.134. The maximum Gasteiger partial charge on any atom is 0.191 e. The number of thioether (sulfide) groups is 1. The summed E-state index contributed by atoms with van der Waals surface area (Å²) in [5.41, 5.74) is 13.9. The third-order valence-corrected chi connectivity index (χ3v) is 5.75. The molecular formula is C21H23N5O3S. The molecule has 1 atom stereocenters. The number of nitrogen functional groups attached to an aromatic ring is 2. The standard InChI is InChI=1S/C21H23N5O3S/c1-12-7-15(16(27)11-30-21-24-19(22)8-20(23)25-21)13(2)26(12)9-14-10-28-17-5-3-4-6-18(17)29-14/h3-8,14H,9-11H2,1-2H3,(H4,22,23,24,25). The fraction of sp³-hybridized carbons (Fsp3) is 0.286. The number of rotatable bonds is 6. The summed E-state index contributed by atoms with van der Waals surface area (Å²) in [5.74, 6) is 2.26. The van der Waals surface area contributed by atoms with Gasteiger partial charge in [-0.1, -0.05) is 23.9 Å². The lowest BCUT2D eigenvalue weighted by Gasteiger charge is -2.27. The Kier molecular flexibility index (Phi) is 5.54. The van der Waals surface area contributed by atoms with Gasteiger partial charge < -0.3 is 25.5 Å². The van der Waals surface area contributed by atoms with Gasteiger partial charge in [-0.25, -0.2) is 9.97 Å². The molecule has 30 heavy (non-hydrogen) atoms. The number of Topliss-reactive ketones (excluding diaryl/α,β-unsaturated/α-hetero) is 1. The Morgan fingerprint density at radius 2 is 1.87 bits per heavy atom. The first-order valence-electron chi connectivity index (χ1n) is 9.52. The van der Waals surface area contributed by atoms with Gasteiger partial charge in [-0.15, -0.1) is 0 Å². The number of benzene rings is 1. The van der Waals surface area contributed by atoms with E-state index in [1.807, 2.05) is 44.2 Å². The van der Waals surface area contributed by atoms with Crippen LogP contribution in [0.5, 0.6) is 11.5 Å². The second kappa shape index (κ2) is 8.27. The summed E-state index contributed by atoms with van der Waals surface area (Å²) >= 11 is 1.22. The van der Waals surface area contributed by atoms with Gasteiger partial charge in [-0.05, 0) is 32.0 Å². The Morgan fingerprint density at radius 1 is 1.17 bits per heavy atom. The number of para-hydroxylation sites is 2. The van der Waals surface area contributed by atoms with E-state index in [2.05, 4.69) is 14.5 Å². The van der Waals surface area contributed by atoms with Crippen LogP contribution in [0, 0.1) is 13.8 Å². The molecule has 9 heteroatoms. The first kappa shape index (κ1) is 20.1. The number of fused-ring (bicyclic) bond motifs is 1. The van der Waals surface area contributed by atoms with Gasteiger partial charge in [0.05, 0.1) is 12.3 Å². The van der Waals surface area contributed by atoms with Gasteiger partial charge in [0.1, 0.15) is 18.2 Å². The van der Waals surface area contributed by atoms with Crippen molar-refractivity contribution >= 4 is 29.2 Å². The molecular weight excluding hydrogens is 402 g/mol. The molecule has 8 nitrogen and oxygen atoms in total. The van der Waals surface area contributed by atoms with E-state index in [4.69, 9.17) is 20.9 Å². The molecule has 2 aromatic heterocycles. The summed E-state index contributed by atoms with van der Waals surface area (Å²) in [6.45, 7) is 4.98. The molecule has 1 aromatic carbocycles. The van der Waals surface area contributed by atoms with Crippen molar-refractivity contribution in [2.75, 3.05) is 23.8 Å². The predicted octanol–water partition coefficient (Wildman–Crippen LogP) is 2.87. The van der Waals surface area contributed by atoms with Gasteiger partial charge in [0, 0.05) is 23.0 Å². The molecule has 0 saturated carbocycles. The lowest BCUT2D eigenvalue weighted by molar-refractivity contribution is 0.0777. The van der Waals surface area contributed by atoms with E-state index in [0.717, 1.165) is 22.9 Å². The number of carbonyl (C=O) groups is 1. The maximum absolute atomic E-state index is 12.8. The average Bonchev–Trinajstić information content (AvgIpc) is 2.99. The summed E-state index contributed by atoms with van der Waals surface area (Å²) in [6, 6.07) is 11.0. The monoisotopic (exact) mass is 425 g/mol. The van der Waals surface area contributed by atoms with Crippen molar-refractivity contribution in [2.45, 2.75) is 31.7 Å². The topological polar surface area (TPSA) is 118 Å². The molecule has 1 unspecified atom stereocenters. The van der Waals surface area contributed by atoms with Crippen molar-refractivity contribution in [3.8, 4) is 11.5 Å². The van der Waals surface area contributed by atoms with Crippen LogP contribution in [0.2, 0.25) is 0 Å². The number of nitrogens with two attached hydrogens (primary N) is 2. The summed E-state index contributed by atoms with van der Waals surface area (Å²) < 4.78 is 14.0. The van der Waals surface area contributed by atoms with Crippen LogP contribution < -0.4 is 20.9 Å². The summed E-state index contributed by atoms with van der Waals surface area (Å²) in [7, 11) is 0. The zero-order valence-corrected chi connectivity index (χ0v) is 17.6. The largest absolute Gasteiger partial charge is 0.486 e.